The SMILES string of the molecule is CCCC(C)CC1(O)CCCN(CC)CC1. The van der Waals surface area contributed by atoms with E-state index in [0.717, 1.165) is 38.8 Å². The first-order chi connectivity index (χ1) is 7.59. The Labute approximate surface area is 101 Å². The van der Waals surface area contributed by atoms with Crippen LogP contribution in [0.15, 0.2) is 0 Å². The van der Waals surface area contributed by atoms with Gasteiger partial charge in [-0.1, -0.05) is 33.6 Å². The molecule has 0 bridgehead atoms. The van der Waals surface area contributed by atoms with E-state index in [-0.39, 0.29) is 5.60 Å². The molecule has 2 unspecified atom stereocenters. The molecule has 2 nitrogen and oxygen atoms in total. The van der Waals surface area contributed by atoms with E-state index >= 15 is 0 Å². The van der Waals surface area contributed by atoms with Crippen LogP contribution in [0.5, 0.6) is 0 Å². The normalized spacial score (nSPS) is 30.0. The fourth-order valence-electron chi connectivity index (χ4n) is 3.00. The minimum atomic E-state index is -0.376. The van der Waals surface area contributed by atoms with Crippen LogP contribution in [0, 0.1) is 5.92 Å². The Hall–Kier alpha value is -0.0800. The van der Waals surface area contributed by atoms with Crippen LogP contribution in [0.1, 0.15) is 59.3 Å². The fraction of sp³-hybridized carbons (Fsp3) is 1.00. The Balaban J connectivity index is 2.43. The van der Waals surface area contributed by atoms with Gasteiger partial charge in [0, 0.05) is 6.54 Å². The van der Waals surface area contributed by atoms with Gasteiger partial charge in [-0.15, -0.1) is 0 Å². The van der Waals surface area contributed by atoms with Gasteiger partial charge >= 0.3 is 0 Å². The van der Waals surface area contributed by atoms with Gasteiger partial charge in [0.2, 0.25) is 0 Å². The largest absolute Gasteiger partial charge is 0.390 e. The van der Waals surface area contributed by atoms with E-state index in [1.54, 1.807) is 0 Å². The maximum Gasteiger partial charge on any atom is 0.0663 e. The molecule has 0 saturated carbocycles. The number of likely N-dealkylation sites (tertiary alicyclic amines) is 1. The van der Waals surface area contributed by atoms with Crippen molar-refractivity contribution in [3.8, 4) is 0 Å². The third-order valence-corrected chi connectivity index (χ3v) is 3.97. The molecule has 1 heterocycles. The van der Waals surface area contributed by atoms with Gasteiger partial charge in [-0.05, 0) is 44.7 Å². The van der Waals surface area contributed by atoms with Gasteiger partial charge in [-0.2, -0.15) is 0 Å². The van der Waals surface area contributed by atoms with Crippen molar-refractivity contribution >= 4 is 0 Å². The van der Waals surface area contributed by atoms with Crippen molar-refractivity contribution in [1.82, 2.24) is 4.90 Å². The molecule has 1 N–H and O–H groups in total. The van der Waals surface area contributed by atoms with Gasteiger partial charge in [0.15, 0.2) is 0 Å². The highest BCUT2D eigenvalue weighted by atomic mass is 16.3. The molecule has 0 aromatic heterocycles. The molecule has 16 heavy (non-hydrogen) atoms. The summed E-state index contributed by atoms with van der Waals surface area (Å²) in [5, 5.41) is 10.6. The molecule has 1 fully saturated rings. The Morgan fingerprint density at radius 3 is 2.62 bits per heavy atom. The van der Waals surface area contributed by atoms with Crippen molar-refractivity contribution in [1.29, 1.82) is 0 Å². The number of hydrogen-bond donors (Lipinski definition) is 1. The van der Waals surface area contributed by atoms with Gasteiger partial charge in [-0.25, -0.2) is 0 Å². The van der Waals surface area contributed by atoms with E-state index in [2.05, 4.69) is 25.7 Å². The predicted octanol–water partition coefficient (Wildman–Crippen LogP) is 3.05. The second-order valence-electron chi connectivity index (χ2n) is 5.61. The summed E-state index contributed by atoms with van der Waals surface area (Å²) in [5.41, 5.74) is -0.376. The van der Waals surface area contributed by atoms with E-state index in [0.29, 0.717) is 5.92 Å². The standard InChI is InChI=1S/C14H29NO/c1-4-7-13(3)12-14(16)8-6-10-15(5-2)11-9-14/h13,16H,4-12H2,1-3H3. The second-order valence-corrected chi connectivity index (χ2v) is 5.61. The van der Waals surface area contributed by atoms with Gasteiger partial charge in [0.05, 0.1) is 5.60 Å². The number of aliphatic hydroxyl groups is 1. The van der Waals surface area contributed by atoms with Crippen molar-refractivity contribution in [3.63, 3.8) is 0 Å². The van der Waals surface area contributed by atoms with E-state index < -0.39 is 0 Å². The molecule has 0 radical (unpaired) electrons. The van der Waals surface area contributed by atoms with E-state index in [1.165, 1.54) is 19.4 Å². The van der Waals surface area contributed by atoms with Crippen molar-refractivity contribution in [2.75, 3.05) is 19.6 Å². The summed E-state index contributed by atoms with van der Waals surface area (Å²) in [7, 11) is 0. The summed E-state index contributed by atoms with van der Waals surface area (Å²) in [6.07, 6.45) is 6.60. The molecule has 1 aliphatic rings. The lowest BCUT2D eigenvalue weighted by atomic mass is 9.84. The van der Waals surface area contributed by atoms with Gasteiger partial charge in [0.1, 0.15) is 0 Å². The monoisotopic (exact) mass is 227 g/mol. The topological polar surface area (TPSA) is 23.5 Å². The maximum absolute atomic E-state index is 10.6. The lowest BCUT2D eigenvalue weighted by Gasteiger charge is -2.29. The molecule has 0 aliphatic carbocycles. The Morgan fingerprint density at radius 2 is 2.00 bits per heavy atom. The number of hydrogen-bond acceptors (Lipinski definition) is 2. The number of rotatable bonds is 5. The molecule has 96 valence electrons. The summed E-state index contributed by atoms with van der Waals surface area (Å²) >= 11 is 0. The average molecular weight is 227 g/mol. The van der Waals surface area contributed by atoms with E-state index in [4.69, 9.17) is 0 Å². The van der Waals surface area contributed by atoms with Crippen LogP contribution >= 0.6 is 0 Å². The minimum Gasteiger partial charge on any atom is -0.390 e. The molecular formula is C14H29NO. The first-order valence-electron chi connectivity index (χ1n) is 7.04. The summed E-state index contributed by atoms with van der Waals surface area (Å²) in [5.74, 6) is 0.670. The Morgan fingerprint density at radius 1 is 1.25 bits per heavy atom. The summed E-state index contributed by atoms with van der Waals surface area (Å²) < 4.78 is 0. The molecular weight excluding hydrogens is 198 g/mol. The van der Waals surface area contributed by atoms with Crippen molar-refractivity contribution in [3.05, 3.63) is 0 Å². The van der Waals surface area contributed by atoms with Crippen LogP contribution in [-0.2, 0) is 0 Å². The first kappa shape index (κ1) is 14.0. The number of nitrogens with zero attached hydrogens (tertiary/aromatic N) is 1. The van der Waals surface area contributed by atoms with Crippen LogP contribution in [0.4, 0.5) is 0 Å². The zero-order valence-electron chi connectivity index (χ0n) is 11.3. The highest BCUT2D eigenvalue weighted by Crippen LogP contribution is 2.30. The minimum absolute atomic E-state index is 0.376. The molecule has 0 amide bonds. The maximum atomic E-state index is 10.6. The molecule has 2 atom stereocenters. The summed E-state index contributed by atoms with van der Waals surface area (Å²) in [6, 6.07) is 0. The zero-order valence-corrected chi connectivity index (χ0v) is 11.3. The van der Waals surface area contributed by atoms with Gasteiger partial charge < -0.3 is 10.0 Å². The second kappa shape index (κ2) is 6.61. The van der Waals surface area contributed by atoms with Crippen LogP contribution in [0.3, 0.4) is 0 Å². The Kier molecular flexibility index (Phi) is 5.77. The van der Waals surface area contributed by atoms with E-state index in [9.17, 15) is 5.11 Å². The smallest absolute Gasteiger partial charge is 0.0663 e. The van der Waals surface area contributed by atoms with Crippen molar-refractivity contribution in [2.45, 2.75) is 64.9 Å². The summed E-state index contributed by atoms with van der Waals surface area (Å²) in [4.78, 5) is 2.46. The molecule has 0 spiro atoms. The molecule has 1 aliphatic heterocycles. The highest BCUT2D eigenvalue weighted by Gasteiger charge is 2.30. The molecule has 1 saturated heterocycles. The quantitative estimate of drug-likeness (QED) is 0.780. The first-order valence-corrected chi connectivity index (χ1v) is 7.04. The van der Waals surface area contributed by atoms with Crippen molar-refractivity contribution in [2.24, 2.45) is 5.92 Å². The average Bonchev–Trinajstić information content (AvgIpc) is 2.40. The highest BCUT2D eigenvalue weighted by molar-refractivity contribution is 4.84. The van der Waals surface area contributed by atoms with Crippen LogP contribution in [0.25, 0.3) is 0 Å². The van der Waals surface area contributed by atoms with Crippen LogP contribution in [-0.4, -0.2) is 35.2 Å². The van der Waals surface area contributed by atoms with Gasteiger partial charge in [-0.3, -0.25) is 0 Å². The lowest BCUT2D eigenvalue weighted by molar-refractivity contribution is 0.00293. The molecule has 0 aromatic carbocycles. The molecule has 0 aromatic rings. The third kappa shape index (κ3) is 4.42. The van der Waals surface area contributed by atoms with E-state index in [1.807, 2.05) is 0 Å². The van der Waals surface area contributed by atoms with Crippen LogP contribution < -0.4 is 0 Å². The fourth-order valence-corrected chi connectivity index (χ4v) is 3.00. The van der Waals surface area contributed by atoms with Crippen LogP contribution in [0.2, 0.25) is 0 Å². The van der Waals surface area contributed by atoms with Gasteiger partial charge in [0.25, 0.3) is 0 Å². The lowest BCUT2D eigenvalue weighted by Crippen LogP contribution is -2.33. The summed E-state index contributed by atoms with van der Waals surface area (Å²) in [6.45, 7) is 10.1. The molecule has 1 rings (SSSR count). The zero-order chi connectivity index (χ0) is 12.0. The third-order valence-electron chi connectivity index (χ3n) is 3.97. The molecule has 2 heteroatoms. The van der Waals surface area contributed by atoms with Crippen molar-refractivity contribution < 1.29 is 5.11 Å². The Bertz CT molecular complexity index is 195. The predicted molar refractivity (Wildman–Crippen MR) is 69.6 cm³/mol.